The average Bonchev–Trinajstić information content (AvgIpc) is 2.21. The van der Waals surface area contributed by atoms with Crippen molar-refractivity contribution in [2.75, 3.05) is 19.6 Å². The van der Waals surface area contributed by atoms with E-state index in [-0.39, 0.29) is 31.2 Å². The van der Waals surface area contributed by atoms with Crippen molar-refractivity contribution in [2.45, 2.75) is 33.3 Å². The molecular weight excluding hydrogens is 236 g/mol. The van der Waals surface area contributed by atoms with Gasteiger partial charge in [-0.3, -0.25) is 9.59 Å². The highest BCUT2D eigenvalue weighted by molar-refractivity contribution is 6.10. The van der Waals surface area contributed by atoms with Gasteiger partial charge in [-0.15, -0.1) is 0 Å². The van der Waals surface area contributed by atoms with E-state index in [9.17, 15) is 14.4 Å². The van der Waals surface area contributed by atoms with E-state index in [1.165, 1.54) is 0 Å². The predicted molar refractivity (Wildman–Crippen MR) is 65.2 cm³/mol. The number of alkyl carbamates (subject to hydrolysis) is 1. The molecule has 1 saturated heterocycles. The molecule has 1 aliphatic rings. The third-order valence-electron chi connectivity index (χ3n) is 2.79. The lowest BCUT2D eigenvalue weighted by Gasteiger charge is -2.31. The zero-order valence-corrected chi connectivity index (χ0v) is 11.3. The molecule has 0 atom stereocenters. The van der Waals surface area contributed by atoms with E-state index in [4.69, 9.17) is 4.74 Å². The van der Waals surface area contributed by atoms with Crippen molar-refractivity contribution >= 4 is 17.7 Å². The van der Waals surface area contributed by atoms with Crippen LogP contribution in [0.2, 0.25) is 0 Å². The first-order valence-corrected chi connectivity index (χ1v) is 5.89. The SMILES string of the molecule is CC(C)(C)OC(=O)NCC1(C)C(=O)CNCC1=O. The van der Waals surface area contributed by atoms with Crippen LogP contribution < -0.4 is 10.6 Å². The molecule has 0 radical (unpaired) electrons. The molecule has 0 bridgehead atoms. The lowest BCUT2D eigenvalue weighted by atomic mass is 9.78. The Hall–Kier alpha value is -1.43. The minimum atomic E-state index is -1.15. The number of hydrogen-bond acceptors (Lipinski definition) is 5. The molecule has 6 heteroatoms. The van der Waals surface area contributed by atoms with Gasteiger partial charge in [0.15, 0.2) is 11.6 Å². The van der Waals surface area contributed by atoms with E-state index in [2.05, 4.69) is 10.6 Å². The predicted octanol–water partition coefficient (Wildman–Crippen LogP) is 0.259. The summed E-state index contributed by atoms with van der Waals surface area (Å²) in [5, 5.41) is 5.20. The fraction of sp³-hybridized carbons (Fsp3) is 0.750. The smallest absolute Gasteiger partial charge is 0.407 e. The van der Waals surface area contributed by atoms with Crippen molar-refractivity contribution < 1.29 is 19.1 Å². The number of piperidine rings is 1. The van der Waals surface area contributed by atoms with Crippen molar-refractivity contribution in [3.05, 3.63) is 0 Å². The summed E-state index contributed by atoms with van der Waals surface area (Å²) in [7, 11) is 0. The van der Waals surface area contributed by atoms with Gasteiger partial charge in [-0.25, -0.2) is 4.79 Å². The summed E-state index contributed by atoms with van der Waals surface area (Å²) >= 11 is 0. The largest absolute Gasteiger partial charge is 0.444 e. The van der Waals surface area contributed by atoms with Gasteiger partial charge in [0.05, 0.1) is 13.1 Å². The Morgan fingerprint density at radius 2 is 1.83 bits per heavy atom. The molecule has 102 valence electrons. The fourth-order valence-electron chi connectivity index (χ4n) is 1.60. The number of nitrogens with one attached hydrogen (secondary N) is 2. The van der Waals surface area contributed by atoms with Crippen molar-refractivity contribution in [1.82, 2.24) is 10.6 Å². The Morgan fingerprint density at radius 1 is 1.33 bits per heavy atom. The summed E-state index contributed by atoms with van der Waals surface area (Å²) in [5.74, 6) is -0.426. The van der Waals surface area contributed by atoms with Gasteiger partial charge >= 0.3 is 6.09 Å². The first kappa shape index (κ1) is 14.6. The standard InChI is InChI=1S/C12H20N2O4/c1-11(2,3)18-10(17)14-7-12(4)8(15)5-13-6-9(12)16/h13H,5-7H2,1-4H3,(H,14,17). The molecule has 0 aromatic heterocycles. The van der Waals surface area contributed by atoms with Crippen LogP contribution in [-0.2, 0) is 14.3 Å². The van der Waals surface area contributed by atoms with Crippen LogP contribution in [0.4, 0.5) is 4.79 Å². The summed E-state index contributed by atoms with van der Waals surface area (Å²) < 4.78 is 5.06. The Balaban J connectivity index is 2.58. The summed E-state index contributed by atoms with van der Waals surface area (Å²) in [6.07, 6.45) is -0.622. The van der Waals surface area contributed by atoms with Gasteiger partial charge in [0.2, 0.25) is 0 Å². The first-order valence-electron chi connectivity index (χ1n) is 5.89. The number of carbonyl (C=O) groups excluding carboxylic acids is 3. The number of ether oxygens (including phenoxy) is 1. The van der Waals surface area contributed by atoms with E-state index in [1.54, 1.807) is 27.7 Å². The van der Waals surface area contributed by atoms with Gasteiger partial charge in [0, 0.05) is 6.54 Å². The molecular formula is C12H20N2O4. The fourth-order valence-corrected chi connectivity index (χ4v) is 1.60. The number of amides is 1. The third kappa shape index (κ3) is 3.53. The number of hydrogen-bond donors (Lipinski definition) is 2. The maximum Gasteiger partial charge on any atom is 0.407 e. The molecule has 1 heterocycles. The quantitative estimate of drug-likeness (QED) is 0.692. The molecule has 1 amide bonds. The van der Waals surface area contributed by atoms with Crippen LogP contribution in [0.5, 0.6) is 0 Å². The lowest BCUT2D eigenvalue weighted by Crippen LogP contribution is -2.56. The molecule has 2 N–H and O–H groups in total. The number of rotatable bonds is 2. The lowest BCUT2D eigenvalue weighted by molar-refractivity contribution is -0.141. The van der Waals surface area contributed by atoms with E-state index in [0.29, 0.717) is 0 Å². The summed E-state index contributed by atoms with van der Waals surface area (Å²) in [5.41, 5.74) is -1.75. The minimum Gasteiger partial charge on any atom is -0.444 e. The van der Waals surface area contributed by atoms with Crippen LogP contribution in [0.25, 0.3) is 0 Å². The second-order valence-corrected chi connectivity index (χ2v) is 5.64. The van der Waals surface area contributed by atoms with Crippen LogP contribution in [0.15, 0.2) is 0 Å². The molecule has 0 aromatic rings. The van der Waals surface area contributed by atoms with E-state index in [0.717, 1.165) is 0 Å². The number of ketones is 2. The molecule has 0 spiro atoms. The van der Waals surface area contributed by atoms with E-state index < -0.39 is 17.1 Å². The molecule has 18 heavy (non-hydrogen) atoms. The second kappa shape index (κ2) is 5.06. The van der Waals surface area contributed by atoms with E-state index >= 15 is 0 Å². The first-order chi connectivity index (χ1) is 8.15. The highest BCUT2D eigenvalue weighted by Gasteiger charge is 2.43. The van der Waals surface area contributed by atoms with Crippen LogP contribution >= 0.6 is 0 Å². The van der Waals surface area contributed by atoms with Gasteiger partial charge in [-0.2, -0.15) is 0 Å². The van der Waals surface area contributed by atoms with Crippen LogP contribution in [0.1, 0.15) is 27.7 Å². The summed E-state index contributed by atoms with van der Waals surface area (Å²) in [6, 6.07) is 0. The molecule has 0 saturated carbocycles. The maximum atomic E-state index is 11.7. The van der Waals surface area contributed by atoms with Crippen LogP contribution in [0.3, 0.4) is 0 Å². The molecule has 1 aliphatic heterocycles. The molecule has 1 fully saturated rings. The third-order valence-corrected chi connectivity index (χ3v) is 2.79. The molecule has 6 nitrogen and oxygen atoms in total. The molecule has 0 aromatic carbocycles. The van der Waals surface area contributed by atoms with E-state index in [1.807, 2.05) is 0 Å². The Kier molecular flexibility index (Phi) is 4.11. The van der Waals surface area contributed by atoms with Gasteiger partial charge < -0.3 is 15.4 Å². The zero-order chi connectivity index (χ0) is 14.0. The highest BCUT2D eigenvalue weighted by Crippen LogP contribution is 2.20. The van der Waals surface area contributed by atoms with Gasteiger partial charge in [0.1, 0.15) is 11.0 Å². The highest BCUT2D eigenvalue weighted by atomic mass is 16.6. The number of Topliss-reactive ketones (excluding diaryl/α,β-unsaturated/α-hetero) is 2. The number of carbonyl (C=O) groups is 3. The minimum absolute atomic E-state index is 0.0265. The Morgan fingerprint density at radius 3 is 2.28 bits per heavy atom. The Labute approximate surface area is 106 Å². The zero-order valence-electron chi connectivity index (χ0n) is 11.3. The second-order valence-electron chi connectivity index (χ2n) is 5.64. The van der Waals surface area contributed by atoms with Crippen LogP contribution in [-0.4, -0.2) is 42.9 Å². The summed E-state index contributed by atoms with van der Waals surface area (Å²) in [4.78, 5) is 35.0. The Bertz CT molecular complexity index is 355. The van der Waals surface area contributed by atoms with Crippen LogP contribution in [0, 0.1) is 5.41 Å². The van der Waals surface area contributed by atoms with Crippen molar-refractivity contribution in [2.24, 2.45) is 5.41 Å². The van der Waals surface area contributed by atoms with Gasteiger partial charge in [0.25, 0.3) is 0 Å². The van der Waals surface area contributed by atoms with Crippen molar-refractivity contribution in [1.29, 1.82) is 0 Å². The molecule has 0 aliphatic carbocycles. The molecule has 1 rings (SSSR count). The van der Waals surface area contributed by atoms with Gasteiger partial charge in [-0.1, -0.05) is 0 Å². The normalized spacial score (nSPS) is 19.6. The monoisotopic (exact) mass is 256 g/mol. The maximum absolute atomic E-state index is 11.7. The molecule has 0 unspecified atom stereocenters. The average molecular weight is 256 g/mol. The topological polar surface area (TPSA) is 84.5 Å². The van der Waals surface area contributed by atoms with Crippen molar-refractivity contribution in [3.8, 4) is 0 Å². The van der Waals surface area contributed by atoms with Gasteiger partial charge in [-0.05, 0) is 27.7 Å². The summed E-state index contributed by atoms with van der Waals surface area (Å²) in [6.45, 7) is 7.06. The van der Waals surface area contributed by atoms with Crippen molar-refractivity contribution in [3.63, 3.8) is 0 Å².